The minimum Gasteiger partial charge on any atom is -0.386 e. The molecule has 6 heteroatoms. The number of rotatable bonds is 2. The second kappa shape index (κ2) is 4.25. The van der Waals surface area contributed by atoms with Crippen LogP contribution in [-0.4, -0.2) is 15.1 Å². The largest absolute Gasteiger partial charge is 0.386 e. The van der Waals surface area contributed by atoms with E-state index >= 15 is 0 Å². The number of aromatic nitrogens is 2. The molecule has 0 bridgehead atoms. The fourth-order valence-electron chi connectivity index (χ4n) is 1.39. The number of anilines is 1. The highest BCUT2D eigenvalue weighted by Crippen LogP contribution is 2.30. The zero-order valence-corrected chi connectivity index (χ0v) is 11.0. The molecular formula is C11H12ClN3OS. The summed E-state index contributed by atoms with van der Waals surface area (Å²) in [4.78, 5) is 8.32. The molecule has 0 aliphatic rings. The Kier molecular flexibility index (Phi) is 3.07. The van der Waals surface area contributed by atoms with Gasteiger partial charge < -0.3 is 10.8 Å². The van der Waals surface area contributed by atoms with E-state index in [1.165, 1.54) is 11.3 Å². The summed E-state index contributed by atoms with van der Waals surface area (Å²) in [7, 11) is 0. The smallest absolute Gasteiger partial charge is 0.143 e. The van der Waals surface area contributed by atoms with Gasteiger partial charge in [0.05, 0.1) is 11.8 Å². The van der Waals surface area contributed by atoms with Crippen LogP contribution >= 0.6 is 22.9 Å². The van der Waals surface area contributed by atoms with Gasteiger partial charge in [-0.1, -0.05) is 11.6 Å². The first kappa shape index (κ1) is 12.3. The molecule has 0 aliphatic heterocycles. The lowest BCUT2D eigenvalue weighted by molar-refractivity contribution is 0.0786. The molecule has 2 rings (SSSR count). The van der Waals surface area contributed by atoms with Gasteiger partial charge in [0.25, 0.3) is 0 Å². The van der Waals surface area contributed by atoms with E-state index in [4.69, 9.17) is 17.3 Å². The van der Waals surface area contributed by atoms with Crippen molar-refractivity contribution < 1.29 is 5.11 Å². The number of nitrogens with two attached hydrogens (primary N) is 1. The lowest BCUT2D eigenvalue weighted by Crippen LogP contribution is -2.16. The molecule has 0 radical (unpaired) electrons. The van der Waals surface area contributed by atoms with Gasteiger partial charge in [-0.25, -0.2) is 9.97 Å². The van der Waals surface area contributed by atoms with Gasteiger partial charge in [0.2, 0.25) is 0 Å². The molecule has 0 unspecified atom stereocenters. The summed E-state index contributed by atoms with van der Waals surface area (Å²) < 4.78 is 0.592. The molecule has 0 fully saturated rings. The van der Waals surface area contributed by atoms with Gasteiger partial charge in [0.1, 0.15) is 20.9 Å². The van der Waals surface area contributed by atoms with E-state index in [0.29, 0.717) is 26.4 Å². The first-order valence-electron chi connectivity index (χ1n) is 4.98. The standard InChI is InChI=1S/C11H12ClN3OS/c1-11(2,16)6-3-7(15-9(13)4-6)10-14-5-8(12)17-10/h3-5,16H,1-2H3,(H2,13,15). The average molecular weight is 270 g/mol. The molecule has 0 aliphatic carbocycles. The third-order valence-electron chi connectivity index (χ3n) is 2.25. The van der Waals surface area contributed by atoms with Crippen molar-refractivity contribution in [1.82, 2.24) is 9.97 Å². The second-order valence-electron chi connectivity index (χ2n) is 4.19. The zero-order valence-electron chi connectivity index (χ0n) is 9.44. The number of thiazole rings is 1. The number of nitrogens with zero attached hydrogens (tertiary/aromatic N) is 2. The molecule has 0 saturated carbocycles. The molecule has 17 heavy (non-hydrogen) atoms. The fraction of sp³-hybridized carbons (Fsp3) is 0.273. The van der Waals surface area contributed by atoms with E-state index in [2.05, 4.69) is 9.97 Å². The first-order valence-corrected chi connectivity index (χ1v) is 6.18. The molecule has 0 aromatic carbocycles. The Morgan fingerprint density at radius 1 is 1.41 bits per heavy atom. The third-order valence-corrected chi connectivity index (χ3v) is 3.39. The summed E-state index contributed by atoms with van der Waals surface area (Å²) in [5.74, 6) is 0.353. The van der Waals surface area contributed by atoms with Crippen LogP contribution < -0.4 is 5.73 Å². The minimum atomic E-state index is -0.965. The lowest BCUT2D eigenvalue weighted by atomic mass is 9.98. The monoisotopic (exact) mass is 269 g/mol. The average Bonchev–Trinajstić information content (AvgIpc) is 2.62. The van der Waals surface area contributed by atoms with E-state index in [9.17, 15) is 5.11 Å². The molecule has 4 nitrogen and oxygen atoms in total. The lowest BCUT2D eigenvalue weighted by Gasteiger charge is -2.18. The normalized spacial score (nSPS) is 11.8. The number of halogens is 1. The predicted molar refractivity (Wildman–Crippen MR) is 70.0 cm³/mol. The topological polar surface area (TPSA) is 72.0 Å². The maximum atomic E-state index is 9.96. The molecule has 2 aromatic heterocycles. The van der Waals surface area contributed by atoms with Crippen molar-refractivity contribution in [2.24, 2.45) is 0 Å². The van der Waals surface area contributed by atoms with Gasteiger partial charge in [0, 0.05) is 0 Å². The quantitative estimate of drug-likeness (QED) is 0.879. The molecule has 0 spiro atoms. The van der Waals surface area contributed by atoms with Crippen LogP contribution in [0.2, 0.25) is 4.34 Å². The number of aliphatic hydroxyl groups is 1. The molecule has 0 atom stereocenters. The summed E-state index contributed by atoms with van der Waals surface area (Å²) in [6, 6.07) is 3.42. The Bertz CT molecular complexity index is 548. The molecule has 90 valence electrons. The van der Waals surface area contributed by atoms with E-state index in [-0.39, 0.29) is 0 Å². The van der Waals surface area contributed by atoms with Gasteiger partial charge in [-0.3, -0.25) is 0 Å². The number of hydrogen-bond acceptors (Lipinski definition) is 5. The van der Waals surface area contributed by atoms with Crippen LogP contribution in [0.15, 0.2) is 18.3 Å². The molecular weight excluding hydrogens is 258 g/mol. The first-order chi connectivity index (χ1) is 7.86. The Balaban J connectivity index is 2.52. The molecule has 2 heterocycles. The second-order valence-corrected chi connectivity index (χ2v) is 5.86. The summed E-state index contributed by atoms with van der Waals surface area (Å²) in [5.41, 5.74) is 6.08. The molecule has 0 amide bonds. The highest BCUT2D eigenvalue weighted by atomic mass is 35.5. The van der Waals surface area contributed by atoms with Crippen LogP contribution in [0.3, 0.4) is 0 Å². The SMILES string of the molecule is CC(C)(O)c1cc(N)nc(-c2ncc(Cl)s2)c1. The van der Waals surface area contributed by atoms with Gasteiger partial charge in [-0.2, -0.15) is 0 Å². The summed E-state index contributed by atoms with van der Waals surface area (Å²) in [6.45, 7) is 3.39. The summed E-state index contributed by atoms with van der Waals surface area (Å²) in [6.07, 6.45) is 1.57. The molecule has 0 saturated heterocycles. The van der Waals surface area contributed by atoms with Crippen molar-refractivity contribution in [2.75, 3.05) is 5.73 Å². The van der Waals surface area contributed by atoms with Crippen molar-refractivity contribution in [2.45, 2.75) is 19.4 Å². The predicted octanol–water partition coefficient (Wildman–Crippen LogP) is 2.67. The summed E-state index contributed by atoms with van der Waals surface area (Å²) in [5, 5.41) is 10.7. The van der Waals surface area contributed by atoms with Crippen molar-refractivity contribution >= 4 is 28.8 Å². The van der Waals surface area contributed by atoms with Gasteiger partial charge in [-0.15, -0.1) is 11.3 Å². The van der Waals surface area contributed by atoms with Crippen LogP contribution in [0.1, 0.15) is 19.4 Å². The highest BCUT2D eigenvalue weighted by molar-refractivity contribution is 7.18. The highest BCUT2D eigenvalue weighted by Gasteiger charge is 2.18. The van der Waals surface area contributed by atoms with Crippen molar-refractivity contribution in [3.63, 3.8) is 0 Å². The Hall–Kier alpha value is -1.17. The van der Waals surface area contributed by atoms with E-state index < -0.39 is 5.60 Å². The van der Waals surface area contributed by atoms with Crippen molar-refractivity contribution in [3.05, 3.63) is 28.2 Å². The number of nitrogen functional groups attached to an aromatic ring is 1. The third kappa shape index (κ3) is 2.74. The van der Waals surface area contributed by atoms with Crippen LogP contribution in [0.5, 0.6) is 0 Å². The van der Waals surface area contributed by atoms with Crippen LogP contribution in [0.25, 0.3) is 10.7 Å². The summed E-state index contributed by atoms with van der Waals surface area (Å²) >= 11 is 7.15. The van der Waals surface area contributed by atoms with E-state index in [0.717, 1.165) is 0 Å². The minimum absolute atomic E-state index is 0.353. The Morgan fingerprint density at radius 2 is 2.12 bits per heavy atom. The fourth-order valence-corrected chi connectivity index (χ4v) is 2.26. The number of hydrogen-bond donors (Lipinski definition) is 2. The van der Waals surface area contributed by atoms with Crippen LogP contribution in [-0.2, 0) is 5.60 Å². The van der Waals surface area contributed by atoms with Crippen LogP contribution in [0, 0.1) is 0 Å². The van der Waals surface area contributed by atoms with E-state index in [1.54, 1.807) is 32.2 Å². The molecule has 2 aromatic rings. The van der Waals surface area contributed by atoms with Gasteiger partial charge in [-0.05, 0) is 31.5 Å². The Morgan fingerprint density at radius 3 is 2.65 bits per heavy atom. The van der Waals surface area contributed by atoms with Crippen molar-refractivity contribution in [3.8, 4) is 10.7 Å². The maximum absolute atomic E-state index is 9.96. The van der Waals surface area contributed by atoms with Crippen molar-refractivity contribution in [1.29, 1.82) is 0 Å². The van der Waals surface area contributed by atoms with E-state index in [1.807, 2.05) is 0 Å². The molecule has 3 N–H and O–H groups in total. The van der Waals surface area contributed by atoms with Gasteiger partial charge in [0.15, 0.2) is 0 Å². The zero-order chi connectivity index (χ0) is 12.6. The maximum Gasteiger partial charge on any atom is 0.143 e. The number of pyridine rings is 1. The van der Waals surface area contributed by atoms with Gasteiger partial charge >= 0.3 is 0 Å². The Labute approximate surface area is 108 Å². The van der Waals surface area contributed by atoms with Crippen LogP contribution in [0.4, 0.5) is 5.82 Å².